The van der Waals surface area contributed by atoms with Gasteiger partial charge in [-0.15, -0.1) is 0 Å². The molecule has 0 aliphatic heterocycles. The van der Waals surface area contributed by atoms with E-state index in [-0.39, 0.29) is 5.69 Å². The predicted octanol–water partition coefficient (Wildman–Crippen LogP) is 1.81. The number of aromatic nitrogens is 2. The molecule has 0 aliphatic rings. The van der Waals surface area contributed by atoms with Crippen LogP contribution in [0.25, 0.3) is 5.69 Å². The lowest BCUT2D eigenvalue weighted by molar-refractivity contribution is -0.142. The van der Waals surface area contributed by atoms with E-state index in [1.807, 2.05) is 30.3 Å². The maximum Gasteiger partial charge on any atom is 0.326 e. The Morgan fingerprint density at radius 3 is 2.52 bits per heavy atom. The van der Waals surface area contributed by atoms with Crippen LogP contribution in [0.2, 0.25) is 0 Å². The first-order valence-corrected chi connectivity index (χ1v) is 6.65. The third kappa shape index (κ3) is 3.10. The fourth-order valence-corrected chi connectivity index (χ4v) is 2.10. The molecule has 0 saturated carbocycles. The third-order valence-electron chi connectivity index (χ3n) is 3.29. The van der Waals surface area contributed by atoms with Crippen LogP contribution in [0.1, 0.15) is 23.8 Å². The number of benzene rings is 1. The second-order valence-corrected chi connectivity index (χ2v) is 4.66. The van der Waals surface area contributed by atoms with Crippen molar-refractivity contribution in [1.29, 1.82) is 0 Å². The fourth-order valence-electron chi connectivity index (χ4n) is 2.10. The van der Waals surface area contributed by atoms with E-state index in [0.29, 0.717) is 6.42 Å². The maximum absolute atomic E-state index is 12.3. The van der Waals surface area contributed by atoms with Gasteiger partial charge in [-0.3, -0.25) is 4.79 Å². The number of carbonyl (C=O) groups is 2. The molecule has 1 unspecified atom stereocenters. The Balaban J connectivity index is 2.21. The summed E-state index contributed by atoms with van der Waals surface area (Å²) >= 11 is 0. The molecule has 2 aromatic rings. The first kappa shape index (κ1) is 14.8. The van der Waals surface area contributed by atoms with Gasteiger partial charge >= 0.3 is 5.97 Å². The van der Waals surface area contributed by atoms with E-state index in [1.165, 1.54) is 11.9 Å². The molecule has 0 radical (unpaired) electrons. The van der Waals surface area contributed by atoms with E-state index < -0.39 is 17.9 Å². The van der Waals surface area contributed by atoms with Crippen molar-refractivity contribution in [2.75, 3.05) is 7.05 Å². The highest BCUT2D eigenvalue weighted by Crippen LogP contribution is 2.11. The Bertz CT molecular complexity index is 637. The second kappa shape index (κ2) is 6.21. The van der Waals surface area contributed by atoms with E-state index in [9.17, 15) is 9.59 Å². The zero-order valence-electron chi connectivity index (χ0n) is 11.9. The monoisotopic (exact) mass is 287 g/mol. The van der Waals surface area contributed by atoms with E-state index in [0.717, 1.165) is 5.69 Å². The van der Waals surface area contributed by atoms with Gasteiger partial charge in [0.1, 0.15) is 6.04 Å². The Labute approximate surface area is 122 Å². The molecule has 2 rings (SSSR count). The minimum absolute atomic E-state index is 0.223. The van der Waals surface area contributed by atoms with Crippen molar-refractivity contribution in [3.63, 3.8) is 0 Å². The van der Waals surface area contributed by atoms with Crippen molar-refractivity contribution in [3.05, 3.63) is 48.3 Å². The Hall–Kier alpha value is -2.63. The molecule has 1 atom stereocenters. The SMILES string of the molecule is CCC(C(=O)O)N(C)C(=O)c1ccn(-c2ccccc2)n1. The van der Waals surface area contributed by atoms with Gasteiger partial charge in [0.2, 0.25) is 0 Å². The van der Waals surface area contributed by atoms with Crippen LogP contribution >= 0.6 is 0 Å². The van der Waals surface area contributed by atoms with Gasteiger partial charge in [-0.25, -0.2) is 9.48 Å². The molecule has 0 spiro atoms. The summed E-state index contributed by atoms with van der Waals surface area (Å²) < 4.78 is 1.59. The van der Waals surface area contributed by atoms with Crippen LogP contribution < -0.4 is 0 Å². The molecule has 0 fully saturated rings. The number of amides is 1. The summed E-state index contributed by atoms with van der Waals surface area (Å²) in [6.45, 7) is 1.73. The minimum atomic E-state index is -1.02. The quantitative estimate of drug-likeness (QED) is 0.910. The van der Waals surface area contributed by atoms with Gasteiger partial charge in [0, 0.05) is 13.2 Å². The van der Waals surface area contributed by atoms with E-state index in [2.05, 4.69) is 5.10 Å². The predicted molar refractivity (Wildman–Crippen MR) is 77.4 cm³/mol. The smallest absolute Gasteiger partial charge is 0.326 e. The summed E-state index contributed by atoms with van der Waals surface area (Å²) in [5, 5.41) is 13.3. The molecule has 0 bridgehead atoms. The van der Waals surface area contributed by atoms with Crippen molar-refractivity contribution in [1.82, 2.24) is 14.7 Å². The van der Waals surface area contributed by atoms with Crippen LogP contribution in [0, 0.1) is 0 Å². The largest absolute Gasteiger partial charge is 0.480 e. The number of carboxylic acid groups (broad SMARTS) is 1. The van der Waals surface area contributed by atoms with Gasteiger partial charge in [-0.05, 0) is 24.6 Å². The molecule has 0 saturated heterocycles. The standard InChI is InChI=1S/C15H17N3O3/c1-3-13(15(20)21)17(2)14(19)12-9-10-18(16-12)11-7-5-4-6-8-11/h4-10,13H,3H2,1-2H3,(H,20,21). The van der Waals surface area contributed by atoms with Crippen molar-refractivity contribution in [3.8, 4) is 5.69 Å². The number of para-hydroxylation sites is 1. The van der Waals surface area contributed by atoms with Crippen LogP contribution in [-0.4, -0.2) is 44.8 Å². The highest BCUT2D eigenvalue weighted by atomic mass is 16.4. The van der Waals surface area contributed by atoms with Gasteiger partial charge in [-0.2, -0.15) is 5.10 Å². The average molecular weight is 287 g/mol. The van der Waals surface area contributed by atoms with Crippen LogP contribution in [0.15, 0.2) is 42.6 Å². The number of hydrogen-bond acceptors (Lipinski definition) is 3. The van der Waals surface area contributed by atoms with Crippen molar-refractivity contribution in [2.45, 2.75) is 19.4 Å². The zero-order valence-corrected chi connectivity index (χ0v) is 11.9. The van der Waals surface area contributed by atoms with Crippen LogP contribution in [0.3, 0.4) is 0 Å². The second-order valence-electron chi connectivity index (χ2n) is 4.66. The highest BCUT2D eigenvalue weighted by Gasteiger charge is 2.26. The number of hydrogen-bond donors (Lipinski definition) is 1. The van der Waals surface area contributed by atoms with Crippen molar-refractivity contribution >= 4 is 11.9 Å². The number of carbonyl (C=O) groups excluding carboxylic acids is 1. The molecule has 0 aliphatic carbocycles. The summed E-state index contributed by atoms with van der Waals surface area (Å²) in [7, 11) is 1.48. The summed E-state index contributed by atoms with van der Waals surface area (Å²) in [6.07, 6.45) is 2.02. The number of carboxylic acids is 1. The number of aliphatic carboxylic acids is 1. The molecular weight excluding hydrogens is 270 g/mol. The summed E-state index contributed by atoms with van der Waals surface area (Å²) in [6, 6.07) is 10.1. The first-order chi connectivity index (χ1) is 10.0. The molecule has 21 heavy (non-hydrogen) atoms. The molecule has 6 nitrogen and oxygen atoms in total. The lowest BCUT2D eigenvalue weighted by Crippen LogP contribution is -2.42. The molecule has 110 valence electrons. The fraction of sp³-hybridized carbons (Fsp3) is 0.267. The normalized spacial score (nSPS) is 11.9. The van der Waals surface area contributed by atoms with Crippen molar-refractivity contribution in [2.24, 2.45) is 0 Å². The summed E-state index contributed by atoms with van der Waals surface area (Å²) in [4.78, 5) is 24.6. The van der Waals surface area contributed by atoms with Crippen LogP contribution in [0.4, 0.5) is 0 Å². The molecule has 1 amide bonds. The summed E-state index contributed by atoms with van der Waals surface area (Å²) in [5.41, 5.74) is 1.06. The third-order valence-corrected chi connectivity index (χ3v) is 3.29. The van der Waals surface area contributed by atoms with E-state index in [1.54, 1.807) is 23.9 Å². The lowest BCUT2D eigenvalue weighted by Gasteiger charge is -2.22. The Kier molecular flexibility index (Phi) is 4.37. The van der Waals surface area contributed by atoms with Gasteiger partial charge in [0.25, 0.3) is 5.91 Å². The van der Waals surface area contributed by atoms with Crippen LogP contribution in [0.5, 0.6) is 0 Å². The van der Waals surface area contributed by atoms with Gasteiger partial charge in [0.05, 0.1) is 5.69 Å². The minimum Gasteiger partial charge on any atom is -0.480 e. The van der Waals surface area contributed by atoms with E-state index >= 15 is 0 Å². The molecule has 6 heteroatoms. The van der Waals surface area contributed by atoms with Crippen LogP contribution in [-0.2, 0) is 4.79 Å². The van der Waals surface area contributed by atoms with Gasteiger partial charge in [-0.1, -0.05) is 25.1 Å². The lowest BCUT2D eigenvalue weighted by atomic mass is 10.2. The molecule has 1 aromatic carbocycles. The van der Waals surface area contributed by atoms with Crippen molar-refractivity contribution < 1.29 is 14.7 Å². The topological polar surface area (TPSA) is 75.4 Å². The molecule has 1 heterocycles. The number of rotatable bonds is 5. The number of likely N-dealkylation sites (N-methyl/N-ethyl adjacent to an activating group) is 1. The Morgan fingerprint density at radius 1 is 1.29 bits per heavy atom. The number of nitrogens with zero attached hydrogens (tertiary/aromatic N) is 3. The first-order valence-electron chi connectivity index (χ1n) is 6.65. The maximum atomic E-state index is 12.3. The average Bonchev–Trinajstić information content (AvgIpc) is 2.97. The molecular formula is C15H17N3O3. The van der Waals surface area contributed by atoms with Gasteiger partial charge in [0.15, 0.2) is 5.69 Å². The molecule has 1 aromatic heterocycles. The molecule has 1 N–H and O–H groups in total. The Morgan fingerprint density at radius 2 is 1.95 bits per heavy atom. The van der Waals surface area contributed by atoms with Gasteiger partial charge < -0.3 is 10.0 Å². The summed E-state index contributed by atoms with van der Waals surface area (Å²) in [5.74, 6) is -1.42. The zero-order chi connectivity index (χ0) is 15.4. The van der Waals surface area contributed by atoms with E-state index in [4.69, 9.17) is 5.11 Å². The highest BCUT2D eigenvalue weighted by molar-refractivity contribution is 5.94.